The molecule has 0 radical (unpaired) electrons. The van der Waals surface area contributed by atoms with Crippen LogP contribution in [0.3, 0.4) is 0 Å². The average Bonchev–Trinajstić information content (AvgIpc) is 2.83. The molecule has 0 aliphatic heterocycles. The molecule has 3 saturated carbocycles. The summed E-state index contributed by atoms with van der Waals surface area (Å²) in [6.45, 7) is 3.94. The van der Waals surface area contributed by atoms with Gasteiger partial charge in [-0.1, -0.05) is 0 Å². The Morgan fingerprint density at radius 2 is 1.71 bits per heavy atom. The van der Waals surface area contributed by atoms with Crippen LogP contribution in [-0.2, 0) is 0 Å². The van der Waals surface area contributed by atoms with E-state index < -0.39 is 0 Å². The summed E-state index contributed by atoms with van der Waals surface area (Å²) in [6.07, 6.45) is 4.35. The van der Waals surface area contributed by atoms with Crippen LogP contribution in [0.5, 0.6) is 6.01 Å². The minimum absolute atomic E-state index is 0.0566. The highest BCUT2D eigenvalue weighted by Gasteiger charge is 2.65. The molecule has 4 atom stereocenters. The SMILES string of the molecule is CNc1nc(NC2C3C4CCC(C4)C23)nc(OC(C)C)n1. The monoisotopic (exact) mass is 289 g/mol. The number of ether oxygens (including phenoxy) is 1. The van der Waals surface area contributed by atoms with Crippen molar-refractivity contribution in [3.63, 3.8) is 0 Å². The van der Waals surface area contributed by atoms with Crippen LogP contribution in [0.1, 0.15) is 33.1 Å². The second-order valence-corrected chi connectivity index (χ2v) is 6.84. The third-order valence-electron chi connectivity index (χ3n) is 5.21. The maximum absolute atomic E-state index is 5.61. The number of fused-ring (bicyclic) bond motifs is 5. The van der Waals surface area contributed by atoms with Gasteiger partial charge in [0.15, 0.2) is 0 Å². The second-order valence-electron chi connectivity index (χ2n) is 6.84. The first-order chi connectivity index (χ1) is 10.2. The first-order valence-electron chi connectivity index (χ1n) is 8.02. The van der Waals surface area contributed by atoms with Crippen molar-refractivity contribution in [2.75, 3.05) is 17.7 Å². The van der Waals surface area contributed by atoms with Crippen molar-refractivity contribution in [1.29, 1.82) is 0 Å². The molecule has 21 heavy (non-hydrogen) atoms. The van der Waals surface area contributed by atoms with Crippen molar-refractivity contribution in [3.8, 4) is 6.01 Å². The maximum Gasteiger partial charge on any atom is 0.323 e. The highest BCUT2D eigenvalue weighted by molar-refractivity contribution is 5.39. The Morgan fingerprint density at radius 1 is 1.05 bits per heavy atom. The lowest BCUT2D eigenvalue weighted by Crippen LogP contribution is -2.17. The van der Waals surface area contributed by atoms with Gasteiger partial charge in [-0.2, -0.15) is 15.0 Å². The van der Waals surface area contributed by atoms with Crippen LogP contribution < -0.4 is 15.4 Å². The Hall–Kier alpha value is -1.59. The van der Waals surface area contributed by atoms with E-state index in [9.17, 15) is 0 Å². The fourth-order valence-corrected chi connectivity index (χ4v) is 4.46. The molecule has 1 heterocycles. The molecule has 0 aromatic carbocycles. The van der Waals surface area contributed by atoms with Crippen molar-refractivity contribution in [3.05, 3.63) is 0 Å². The number of anilines is 2. The minimum Gasteiger partial charge on any atom is -0.461 e. The number of nitrogens with zero attached hydrogens (tertiary/aromatic N) is 3. The van der Waals surface area contributed by atoms with Gasteiger partial charge >= 0.3 is 6.01 Å². The van der Waals surface area contributed by atoms with Gasteiger partial charge in [0.2, 0.25) is 11.9 Å². The summed E-state index contributed by atoms with van der Waals surface area (Å²) in [5.41, 5.74) is 0. The van der Waals surface area contributed by atoms with Crippen molar-refractivity contribution < 1.29 is 4.74 Å². The Labute approximate surface area is 125 Å². The smallest absolute Gasteiger partial charge is 0.323 e. The first kappa shape index (κ1) is 13.1. The molecular formula is C15H23N5O. The standard InChI is InChI=1S/C15H23N5O/c1-7(2)21-15-19-13(16-3)18-14(20-15)17-12-10-8-4-5-9(6-8)11(10)12/h7-12H,4-6H2,1-3H3,(H2,16,17,18,19,20). The van der Waals surface area contributed by atoms with Crippen molar-refractivity contribution in [2.45, 2.75) is 45.3 Å². The van der Waals surface area contributed by atoms with E-state index in [0.717, 1.165) is 23.7 Å². The Morgan fingerprint density at radius 3 is 2.33 bits per heavy atom. The highest BCUT2D eigenvalue weighted by atomic mass is 16.5. The van der Waals surface area contributed by atoms with Gasteiger partial charge in [0, 0.05) is 13.1 Å². The summed E-state index contributed by atoms with van der Waals surface area (Å²) >= 11 is 0. The molecule has 3 fully saturated rings. The van der Waals surface area contributed by atoms with E-state index in [-0.39, 0.29) is 6.10 Å². The summed E-state index contributed by atoms with van der Waals surface area (Å²) in [5.74, 6) is 4.78. The summed E-state index contributed by atoms with van der Waals surface area (Å²) in [4.78, 5) is 13.1. The molecular weight excluding hydrogens is 266 g/mol. The summed E-state index contributed by atoms with van der Waals surface area (Å²) in [6, 6.07) is 0.955. The maximum atomic E-state index is 5.61. The average molecular weight is 289 g/mol. The summed E-state index contributed by atoms with van der Waals surface area (Å²) in [7, 11) is 1.81. The molecule has 1 aromatic rings. The van der Waals surface area contributed by atoms with Crippen LogP contribution in [0.15, 0.2) is 0 Å². The van der Waals surface area contributed by atoms with Crippen molar-refractivity contribution >= 4 is 11.9 Å². The highest BCUT2D eigenvalue weighted by Crippen LogP contribution is 2.66. The fraction of sp³-hybridized carbons (Fsp3) is 0.800. The third kappa shape index (κ3) is 2.21. The Bertz CT molecular complexity index is 533. The molecule has 3 aliphatic rings. The van der Waals surface area contributed by atoms with Gasteiger partial charge < -0.3 is 15.4 Å². The quantitative estimate of drug-likeness (QED) is 0.865. The zero-order valence-corrected chi connectivity index (χ0v) is 12.8. The summed E-state index contributed by atoms with van der Waals surface area (Å²) < 4.78 is 5.61. The molecule has 1 aromatic heterocycles. The number of hydrogen-bond donors (Lipinski definition) is 2. The normalized spacial score (nSPS) is 35.7. The zero-order valence-electron chi connectivity index (χ0n) is 12.8. The van der Waals surface area contributed by atoms with Crippen molar-refractivity contribution in [1.82, 2.24) is 15.0 Å². The molecule has 0 amide bonds. The van der Waals surface area contributed by atoms with E-state index in [1.807, 2.05) is 20.9 Å². The zero-order chi connectivity index (χ0) is 14.6. The summed E-state index contributed by atoms with van der Waals surface area (Å²) in [5, 5.41) is 6.50. The van der Waals surface area contributed by atoms with Crippen molar-refractivity contribution in [2.24, 2.45) is 23.7 Å². The molecule has 6 heteroatoms. The lowest BCUT2D eigenvalue weighted by atomic mass is 10.0. The number of rotatable bonds is 5. The van der Waals surface area contributed by atoms with Crippen LogP contribution in [0.2, 0.25) is 0 Å². The largest absolute Gasteiger partial charge is 0.461 e. The Kier molecular flexibility index (Phi) is 2.94. The lowest BCUT2D eigenvalue weighted by Gasteiger charge is -2.13. The number of nitrogens with one attached hydrogen (secondary N) is 2. The third-order valence-corrected chi connectivity index (χ3v) is 5.21. The van der Waals surface area contributed by atoms with E-state index in [1.165, 1.54) is 19.3 Å². The molecule has 114 valence electrons. The van der Waals surface area contributed by atoms with Crippen LogP contribution in [0.4, 0.5) is 11.9 Å². The lowest BCUT2D eigenvalue weighted by molar-refractivity contribution is 0.222. The topological polar surface area (TPSA) is 72.0 Å². The van der Waals surface area contributed by atoms with Crippen LogP contribution in [0, 0.1) is 23.7 Å². The van der Waals surface area contributed by atoms with Gasteiger partial charge in [0.25, 0.3) is 0 Å². The molecule has 2 N–H and O–H groups in total. The van der Waals surface area contributed by atoms with Crippen LogP contribution in [-0.4, -0.2) is 34.1 Å². The molecule has 0 saturated heterocycles. The first-order valence-corrected chi connectivity index (χ1v) is 8.02. The van der Waals surface area contributed by atoms with E-state index in [1.54, 1.807) is 0 Å². The molecule has 3 aliphatic carbocycles. The predicted molar refractivity (Wildman–Crippen MR) is 80.4 cm³/mol. The molecule has 2 bridgehead atoms. The molecule has 4 rings (SSSR count). The van der Waals surface area contributed by atoms with E-state index in [4.69, 9.17) is 4.74 Å². The minimum atomic E-state index is 0.0566. The van der Waals surface area contributed by atoms with E-state index >= 15 is 0 Å². The number of aromatic nitrogens is 3. The van der Waals surface area contributed by atoms with Gasteiger partial charge in [-0.05, 0) is 56.8 Å². The van der Waals surface area contributed by atoms with Crippen LogP contribution in [0.25, 0.3) is 0 Å². The fourth-order valence-electron chi connectivity index (χ4n) is 4.46. The predicted octanol–water partition coefficient (Wildman–Crippen LogP) is 2.16. The van der Waals surface area contributed by atoms with Crippen LogP contribution >= 0.6 is 0 Å². The van der Waals surface area contributed by atoms with E-state index in [2.05, 4.69) is 25.6 Å². The van der Waals surface area contributed by atoms with Gasteiger partial charge in [0.1, 0.15) is 0 Å². The molecule has 4 unspecified atom stereocenters. The van der Waals surface area contributed by atoms with Gasteiger partial charge in [-0.25, -0.2) is 0 Å². The van der Waals surface area contributed by atoms with Gasteiger partial charge in [-0.3, -0.25) is 0 Å². The van der Waals surface area contributed by atoms with Gasteiger partial charge in [-0.15, -0.1) is 0 Å². The number of hydrogen-bond acceptors (Lipinski definition) is 6. The van der Waals surface area contributed by atoms with E-state index in [0.29, 0.717) is 23.9 Å². The Balaban J connectivity index is 1.50. The van der Waals surface area contributed by atoms with Gasteiger partial charge in [0.05, 0.1) is 6.10 Å². The second kappa shape index (κ2) is 4.71. The molecule has 6 nitrogen and oxygen atoms in total. The molecule has 0 spiro atoms.